The van der Waals surface area contributed by atoms with Crippen molar-refractivity contribution in [2.24, 2.45) is 0 Å². The molecule has 0 bridgehead atoms. The average Bonchev–Trinajstić information content (AvgIpc) is 3.39. The van der Waals surface area contributed by atoms with E-state index in [1.54, 1.807) is 13.2 Å². The molecule has 7 heteroatoms. The van der Waals surface area contributed by atoms with Crippen LogP contribution in [0.15, 0.2) is 40.8 Å². The lowest BCUT2D eigenvalue weighted by Crippen LogP contribution is -3.11. The molecule has 0 radical (unpaired) electrons. The third kappa shape index (κ3) is 3.94. The first-order chi connectivity index (χ1) is 13.5. The molecule has 4 rings (SSSR count). The molecule has 1 atom stereocenters. The summed E-state index contributed by atoms with van der Waals surface area (Å²) in [5.74, 6) is 0.357. The third-order valence-corrected chi connectivity index (χ3v) is 4.84. The van der Waals surface area contributed by atoms with Gasteiger partial charge in [-0.2, -0.15) is 0 Å². The van der Waals surface area contributed by atoms with E-state index in [-0.39, 0.29) is 24.9 Å². The molecule has 28 heavy (non-hydrogen) atoms. The molecule has 2 amide bonds. The number of ether oxygens (including phenoxy) is 1. The Morgan fingerprint density at radius 3 is 2.61 bits per heavy atom. The van der Waals surface area contributed by atoms with Crippen molar-refractivity contribution in [3.05, 3.63) is 36.4 Å². The van der Waals surface area contributed by atoms with Crippen LogP contribution in [0.25, 0.3) is 21.9 Å². The Hall–Kier alpha value is -3.06. The monoisotopic (exact) mass is 382 g/mol. The van der Waals surface area contributed by atoms with Gasteiger partial charge < -0.3 is 24.7 Å². The molecule has 1 unspecified atom stereocenters. The second-order valence-electron chi connectivity index (χ2n) is 7.35. The Morgan fingerprint density at radius 1 is 1.11 bits per heavy atom. The fourth-order valence-electron chi connectivity index (χ4n) is 3.33. The number of anilines is 1. The summed E-state index contributed by atoms with van der Waals surface area (Å²) in [6, 6.07) is 11.8. The minimum Gasteiger partial charge on any atom is -0.495 e. The van der Waals surface area contributed by atoms with E-state index in [0.29, 0.717) is 23.1 Å². The summed E-state index contributed by atoms with van der Waals surface area (Å²) in [5, 5.41) is 7.75. The van der Waals surface area contributed by atoms with Gasteiger partial charge in [0.1, 0.15) is 16.9 Å². The molecule has 2 aromatic carbocycles. The first-order valence-electron chi connectivity index (χ1n) is 9.43. The minimum absolute atomic E-state index is 0.0194. The zero-order valence-corrected chi connectivity index (χ0v) is 16.0. The van der Waals surface area contributed by atoms with Crippen molar-refractivity contribution in [1.82, 2.24) is 5.32 Å². The van der Waals surface area contributed by atoms with Gasteiger partial charge in [-0.3, -0.25) is 9.59 Å². The van der Waals surface area contributed by atoms with E-state index in [0.717, 1.165) is 34.1 Å². The molecule has 3 N–H and O–H groups in total. The lowest BCUT2D eigenvalue weighted by Gasteiger charge is -2.14. The summed E-state index contributed by atoms with van der Waals surface area (Å²) in [6.45, 7) is 0.447. The molecule has 1 aliphatic rings. The highest BCUT2D eigenvalue weighted by molar-refractivity contribution is 6.07. The molecule has 1 saturated carbocycles. The van der Waals surface area contributed by atoms with Gasteiger partial charge in [-0.25, -0.2) is 0 Å². The van der Waals surface area contributed by atoms with Crippen LogP contribution in [0.1, 0.15) is 12.8 Å². The smallest absolute Gasteiger partial charge is 0.279 e. The number of fused-ring (bicyclic) bond motifs is 3. The number of quaternary nitrogens is 1. The Kier molecular flexibility index (Phi) is 4.92. The molecule has 1 heterocycles. The van der Waals surface area contributed by atoms with E-state index in [2.05, 4.69) is 10.6 Å². The summed E-state index contributed by atoms with van der Waals surface area (Å²) in [4.78, 5) is 25.2. The van der Waals surface area contributed by atoms with Crippen molar-refractivity contribution < 1.29 is 23.6 Å². The maximum atomic E-state index is 12.5. The van der Waals surface area contributed by atoms with Gasteiger partial charge in [-0.05, 0) is 25.0 Å². The van der Waals surface area contributed by atoms with Crippen LogP contribution >= 0.6 is 0 Å². The van der Waals surface area contributed by atoms with E-state index in [1.165, 1.54) is 0 Å². The number of benzene rings is 2. The molecule has 0 spiro atoms. The summed E-state index contributed by atoms with van der Waals surface area (Å²) in [6.07, 6.45) is 2.10. The van der Waals surface area contributed by atoms with E-state index >= 15 is 0 Å². The first-order valence-corrected chi connectivity index (χ1v) is 9.43. The van der Waals surface area contributed by atoms with Crippen molar-refractivity contribution in [1.29, 1.82) is 0 Å². The van der Waals surface area contributed by atoms with Gasteiger partial charge in [0.2, 0.25) is 0 Å². The van der Waals surface area contributed by atoms with Gasteiger partial charge in [0.05, 0.1) is 19.8 Å². The van der Waals surface area contributed by atoms with Gasteiger partial charge in [-0.1, -0.05) is 18.2 Å². The first kappa shape index (κ1) is 18.3. The standard InChI is InChI=1S/C21H23N3O4/c1-24(11-20(25)22-13-7-8-13)12-21(26)23-16-10-18-15(9-19(16)27-2)14-5-3-4-6-17(14)28-18/h3-6,9-10,13H,7-8,11-12H2,1-2H3,(H,22,25)(H,23,26)/p+1. The lowest BCUT2D eigenvalue weighted by atomic mass is 10.1. The zero-order chi connectivity index (χ0) is 19.7. The van der Waals surface area contributed by atoms with Gasteiger partial charge in [-0.15, -0.1) is 0 Å². The predicted molar refractivity (Wildman–Crippen MR) is 107 cm³/mol. The van der Waals surface area contributed by atoms with Crippen molar-refractivity contribution in [3.8, 4) is 5.75 Å². The van der Waals surface area contributed by atoms with Gasteiger partial charge in [0, 0.05) is 22.9 Å². The number of rotatable bonds is 7. The highest BCUT2D eigenvalue weighted by Gasteiger charge is 2.25. The molecule has 0 saturated heterocycles. The van der Waals surface area contributed by atoms with Crippen LogP contribution < -0.4 is 20.3 Å². The van der Waals surface area contributed by atoms with Crippen molar-refractivity contribution >= 4 is 39.4 Å². The molecule has 146 valence electrons. The fourth-order valence-corrected chi connectivity index (χ4v) is 3.33. The van der Waals surface area contributed by atoms with Gasteiger partial charge in [0.25, 0.3) is 11.8 Å². The highest BCUT2D eigenvalue weighted by atomic mass is 16.5. The van der Waals surface area contributed by atoms with E-state index in [1.807, 2.05) is 37.4 Å². The third-order valence-electron chi connectivity index (χ3n) is 4.84. The molecular weight excluding hydrogens is 358 g/mol. The Morgan fingerprint density at radius 2 is 1.86 bits per heavy atom. The van der Waals surface area contributed by atoms with E-state index < -0.39 is 0 Å². The Balaban J connectivity index is 1.47. The maximum absolute atomic E-state index is 12.5. The largest absolute Gasteiger partial charge is 0.495 e. The quantitative estimate of drug-likeness (QED) is 0.576. The van der Waals surface area contributed by atoms with Crippen LogP contribution in [0.4, 0.5) is 5.69 Å². The number of furan rings is 1. The van der Waals surface area contributed by atoms with Crippen LogP contribution in [0.3, 0.4) is 0 Å². The van der Waals surface area contributed by atoms with Gasteiger partial charge >= 0.3 is 0 Å². The molecule has 1 aliphatic carbocycles. The molecule has 0 aliphatic heterocycles. The Labute approximate surface area is 162 Å². The van der Waals surface area contributed by atoms with Crippen LogP contribution in [-0.4, -0.2) is 45.1 Å². The Bertz CT molecular complexity index is 1040. The SMILES string of the molecule is COc1cc2c(cc1NC(=O)C[NH+](C)CC(=O)NC1CC1)oc1ccccc12. The second-order valence-corrected chi connectivity index (χ2v) is 7.35. The topological polar surface area (TPSA) is 85.0 Å². The number of carbonyl (C=O) groups is 2. The molecule has 3 aromatic rings. The van der Waals surface area contributed by atoms with Crippen LogP contribution in [-0.2, 0) is 9.59 Å². The molecule has 7 nitrogen and oxygen atoms in total. The summed E-state index contributed by atoms with van der Waals surface area (Å²) in [7, 11) is 3.39. The minimum atomic E-state index is -0.189. The molecule has 1 fully saturated rings. The number of amides is 2. The summed E-state index contributed by atoms with van der Waals surface area (Å²) >= 11 is 0. The predicted octanol–water partition coefficient (Wildman–Crippen LogP) is 1.33. The second kappa shape index (κ2) is 7.52. The van der Waals surface area contributed by atoms with E-state index in [4.69, 9.17) is 9.15 Å². The average molecular weight is 382 g/mol. The number of hydrogen-bond acceptors (Lipinski definition) is 4. The van der Waals surface area contributed by atoms with Crippen LogP contribution in [0.5, 0.6) is 5.75 Å². The number of methoxy groups -OCH3 is 1. The van der Waals surface area contributed by atoms with Crippen molar-refractivity contribution in [2.75, 3.05) is 32.6 Å². The molecule has 1 aromatic heterocycles. The van der Waals surface area contributed by atoms with E-state index in [9.17, 15) is 9.59 Å². The summed E-state index contributed by atoms with van der Waals surface area (Å²) < 4.78 is 11.4. The number of likely N-dealkylation sites (N-methyl/N-ethyl adjacent to an activating group) is 1. The number of para-hydroxylation sites is 1. The van der Waals surface area contributed by atoms with Crippen molar-refractivity contribution in [2.45, 2.75) is 18.9 Å². The number of carbonyl (C=O) groups excluding carboxylic acids is 2. The zero-order valence-electron chi connectivity index (χ0n) is 16.0. The maximum Gasteiger partial charge on any atom is 0.279 e. The van der Waals surface area contributed by atoms with Crippen LogP contribution in [0, 0.1) is 0 Å². The number of nitrogens with one attached hydrogen (secondary N) is 3. The highest BCUT2D eigenvalue weighted by Crippen LogP contribution is 2.36. The fraction of sp³-hybridized carbons (Fsp3) is 0.333. The van der Waals surface area contributed by atoms with Gasteiger partial charge in [0.15, 0.2) is 13.1 Å². The summed E-state index contributed by atoms with van der Waals surface area (Å²) in [5.41, 5.74) is 2.02. The molecular formula is C21H24N3O4+. The number of hydrogen-bond donors (Lipinski definition) is 3. The van der Waals surface area contributed by atoms with Crippen LogP contribution in [0.2, 0.25) is 0 Å². The van der Waals surface area contributed by atoms with Crippen molar-refractivity contribution in [3.63, 3.8) is 0 Å². The lowest BCUT2D eigenvalue weighted by molar-refractivity contribution is -0.862. The normalized spacial score (nSPS) is 14.8.